The van der Waals surface area contributed by atoms with Gasteiger partial charge in [0.1, 0.15) is 0 Å². The largest absolute Gasteiger partial charge is 0.348 e. The van der Waals surface area contributed by atoms with Crippen molar-refractivity contribution in [1.29, 1.82) is 0 Å². The molecule has 2 aromatic rings. The number of hydrogen-bond acceptors (Lipinski definition) is 5. The predicted molar refractivity (Wildman–Crippen MR) is 109 cm³/mol. The summed E-state index contributed by atoms with van der Waals surface area (Å²) in [5, 5.41) is 16.9. The lowest BCUT2D eigenvalue weighted by atomic mass is 10.1. The van der Waals surface area contributed by atoms with Crippen molar-refractivity contribution in [2.45, 2.75) is 31.7 Å². The van der Waals surface area contributed by atoms with Gasteiger partial charge in [-0.2, -0.15) is 0 Å². The van der Waals surface area contributed by atoms with E-state index in [4.69, 9.17) is 0 Å². The van der Waals surface area contributed by atoms with Gasteiger partial charge in [0, 0.05) is 29.4 Å². The van der Waals surface area contributed by atoms with E-state index in [1.54, 1.807) is 30.3 Å². The van der Waals surface area contributed by atoms with Crippen molar-refractivity contribution in [3.8, 4) is 0 Å². The average Bonchev–Trinajstić information content (AvgIpc) is 3.02. The molecule has 2 aromatic carbocycles. The summed E-state index contributed by atoms with van der Waals surface area (Å²) < 4.78 is 0. The van der Waals surface area contributed by atoms with Crippen molar-refractivity contribution in [3.05, 3.63) is 63.2 Å². The van der Waals surface area contributed by atoms with Crippen molar-refractivity contribution in [2.24, 2.45) is 5.92 Å². The zero-order valence-electron chi connectivity index (χ0n) is 15.7. The number of nitro benzene ring substituents is 1. The van der Waals surface area contributed by atoms with Crippen LogP contribution in [0.25, 0.3) is 0 Å². The summed E-state index contributed by atoms with van der Waals surface area (Å²) in [6, 6.07) is 9.60. The molecular formula is C20H21N3O4S. The first-order valence-electron chi connectivity index (χ1n) is 8.99. The maximum atomic E-state index is 12.5. The van der Waals surface area contributed by atoms with Gasteiger partial charge in [-0.1, -0.05) is 19.9 Å². The molecule has 0 radical (unpaired) electrons. The third-order valence-electron chi connectivity index (χ3n) is 4.42. The van der Waals surface area contributed by atoms with Gasteiger partial charge in [-0.15, -0.1) is 11.8 Å². The summed E-state index contributed by atoms with van der Waals surface area (Å²) in [5.41, 5.74) is 2.00. The van der Waals surface area contributed by atoms with Gasteiger partial charge in [0.25, 0.3) is 17.5 Å². The zero-order chi connectivity index (χ0) is 20.3. The van der Waals surface area contributed by atoms with E-state index in [2.05, 4.69) is 24.5 Å². The number of amides is 2. The maximum Gasteiger partial charge on any atom is 0.283 e. The molecule has 0 aliphatic carbocycles. The van der Waals surface area contributed by atoms with E-state index in [0.29, 0.717) is 28.6 Å². The fourth-order valence-electron chi connectivity index (χ4n) is 2.82. The molecule has 28 heavy (non-hydrogen) atoms. The number of fused-ring (bicyclic) bond motifs is 1. The topological polar surface area (TPSA) is 101 Å². The molecule has 1 aliphatic rings. The molecule has 2 amide bonds. The Morgan fingerprint density at radius 3 is 2.79 bits per heavy atom. The molecule has 1 heterocycles. The second-order valence-corrected chi connectivity index (χ2v) is 8.12. The quantitative estimate of drug-likeness (QED) is 0.412. The lowest BCUT2D eigenvalue weighted by Gasteiger charge is -2.09. The lowest BCUT2D eigenvalue weighted by Crippen LogP contribution is -2.14. The molecule has 0 saturated carbocycles. The van der Waals surface area contributed by atoms with E-state index in [-0.39, 0.29) is 17.2 Å². The van der Waals surface area contributed by atoms with Gasteiger partial charge in [-0.25, -0.2) is 0 Å². The molecule has 146 valence electrons. The number of thioether (sulfide) groups is 1. The van der Waals surface area contributed by atoms with E-state index in [0.717, 1.165) is 17.7 Å². The minimum Gasteiger partial charge on any atom is -0.348 e. The second-order valence-electron chi connectivity index (χ2n) is 6.98. The molecule has 7 nitrogen and oxygen atoms in total. The van der Waals surface area contributed by atoms with Crippen LogP contribution < -0.4 is 10.6 Å². The van der Waals surface area contributed by atoms with Gasteiger partial charge in [-0.05, 0) is 47.9 Å². The Morgan fingerprint density at radius 2 is 2.07 bits per heavy atom. The summed E-state index contributed by atoms with van der Waals surface area (Å²) in [6.07, 6.45) is 0.954. The van der Waals surface area contributed by atoms with Gasteiger partial charge < -0.3 is 10.6 Å². The normalized spacial score (nSPS) is 12.6. The molecule has 0 unspecified atom stereocenters. The minimum absolute atomic E-state index is 0.0743. The number of rotatable bonds is 7. The second kappa shape index (κ2) is 8.43. The summed E-state index contributed by atoms with van der Waals surface area (Å²) in [4.78, 5) is 35.8. The Hall–Kier alpha value is -2.87. The van der Waals surface area contributed by atoms with Gasteiger partial charge in [0.15, 0.2) is 0 Å². The molecule has 0 atom stereocenters. The van der Waals surface area contributed by atoms with Gasteiger partial charge in [0.2, 0.25) is 0 Å². The van der Waals surface area contributed by atoms with Crippen LogP contribution in [-0.2, 0) is 6.54 Å². The highest BCUT2D eigenvalue weighted by Gasteiger charge is 2.21. The van der Waals surface area contributed by atoms with E-state index >= 15 is 0 Å². The van der Waals surface area contributed by atoms with E-state index < -0.39 is 10.8 Å². The monoisotopic (exact) mass is 399 g/mol. The molecule has 0 saturated heterocycles. The van der Waals surface area contributed by atoms with Gasteiger partial charge >= 0.3 is 0 Å². The van der Waals surface area contributed by atoms with Crippen molar-refractivity contribution in [2.75, 3.05) is 11.1 Å². The Morgan fingerprint density at radius 1 is 1.29 bits per heavy atom. The number of nitrogens with one attached hydrogen (secondary N) is 2. The van der Waals surface area contributed by atoms with Crippen molar-refractivity contribution < 1.29 is 14.5 Å². The van der Waals surface area contributed by atoms with Crippen LogP contribution in [0.4, 0.5) is 11.4 Å². The van der Waals surface area contributed by atoms with Crippen LogP contribution in [0.2, 0.25) is 0 Å². The van der Waals surface area contributed by atoms with E-state index in [1.807, 2.05) is 0 Å². The molecular weight excluding hydrogens is 378 g/mol. The van der Waals surface area contributed by atoms with Crippen LogP contribution in [0, 0.1) is 16.0 Å². The molecule has 0 aromatic heterocycles. The number of anilines is 1. The third-order valence-corrected chi connectivity index (χ3v) is 5.52. The fraction of sp³-hybridized carbons (Fsp3) is 0.300. The Labute approximate surface area is 167 Å². The number of benzene rings is 2. The van der Waals surface area contributed by atoms with Crippen LogP contribution in [-0.4, -0.2) is 22.5 Å². The highest BCUT2D eigenvalue weighted by atomic mass is 32.2. The van der Waals surface area contributed by atoms with Crippen LogP contribution in [0.3, 0.4) is 0 Å². The fourth-order valence-corrected chi connectivity index (χ4v) is 4.08. The smallest absolute Gasteiger partial charge is 0.283 e. The molecule has 0 bridgehead atoms. The molecule has 0 fully saturated rings. The Bertz CT molecular complexity index is 943. The molecule has 1 aliphatic heterocycles. The first-order chi connectivity index (χ1) is 13.3. The number of carbonyl (C=O) groups excluding carboxylic acids is 2. The van der Waals surface area contributed by atoms with Crippen LogP contribution >= 0.6 is 11.8 Å². The van der Waals surface area contributed by atoms with Crippen molar-refractivity contribution in [3.63, 3.8) is 0 Å². The standard InChI is InChI=1S/C20H21N3O4S/c1-12(2)7-8-28-18-6-4-13(9-17(18)23(26)27)19(24)22-15-5-3-14-11-21-20(25)16(14)10-15/h3-6,9-10,12H,7-8,11H2,1-2H3,(H,21,25)(H,22,24). The van der Waals surface area contributed by atoms with Crippen LogP contribution in [0.1, 0.15) is 46.5 Å². The predicted octanol–water partition coefficient (Wildman–Crippen LogP) is 4.23. The van der Waals surface area contributed by atoms with E-state index in [9.17, 15) is 19.7 Å². The Kier molecular flexibility index (Phi) is 5.99. The molecule has 8 heteroatoms. The molecule has 3 rings (SSSR count). The van der Waals surface area contributed by atoms with Crippen molar-refractivity contribution >= 4 is 35.0 Å². The molecule has 2 N–H and O–H groups in total. The first-order valence-corrected chi connectivity index (χ1v) is 9.97. The average molecular weight is 399 g/mol. The first kappa shape index (κ1) is 19.9. The highest BCUT2D eigenvalue weighted by Crippen LogP contribution is 2.31. The third kappa shape index (κ3) is 4.51. The minimum atomic E-state index is -0.464. The number of carbonyl (C=O) groups is 2. The van der Waals surface area contributed by atoms with E-state index in [1.165, 1.54) is 17.8 Å². The van der Waals surface area contributed by atoms with Crippen molar-refractivity contribution in [1.82, 2.24) is 5.32 Å². The highest BCUT2D eigenvalue weighted by molar-refractivity contribution is 7.99. The summed E-state index contributed by atoms with van der Waals surface area (Å²) in [5.74, 6) is 0.664. The molecule has 0 spiro atoms. The maximum absolute atomic E-state index is 12.5. The number of nitrogens with zero attached hydrogens (tertiary/aromatic N) is 1. The van der Waals surface area contributed by atoms with Crippen LogP contribution in [0.15, 0.2) is 41.3 Å². The number of nitro groups is 1. The summed E-state index contributed by atoms with van der Waals surface area (Å²) >= 11 is 1.42. The lowest BCUT2D eigenvalue weighted by molar-refractivity contribution is -0.387. The zero-order valence-corrected chi connectivity index (χ0v) is 16.5. The SMILES string of the molecule is CC(C)CCSc1ccc(C(=O)Nc2ccc3c(c2)C(=O)NC3)cc1[N+](=O)[O-]. The van der Waals surface area contributed by atoms with Crippen LogP contribution in [0.5, 0.6) is 0 Å². The number of hydrogen-bond donors (Lipinski definition) is 2. The summed E-state index contributed by atoms with van der Waals surface area (Å²) in [7, 11) is 0. The van der Waals surface area contributed by atoms with Gasteiger partial charge in [0.05, 0.1) is 9.82 Å². The summed E-state index contributed by atoms with van der Waals surface area (Å²) in [6.45, 7) is 4.68. The Balaban J connectivity index is 1.76. The van der Waals surface area contributed by atoms with Gasteiger partial charge in [-0.3, -0.25) is 19.7 Å².